The Hall–Kier alpha value is 0.376. The number of rotatable bonds is 1. The van der Waals surface area contributed by atoms with Gasteiger partial charge in [0.15, 0.2) is 0 Å². The van der Waals surface area contributed by atoms with E-state index in [1.165, 1.54) is 0 Å². The van der Waals surface area contributed by atoms with Crippen molar-refractivity contribution in [2.75, 3.05) is 0 Å². The summed E-state index contributed by atoms with van der Waals surface area (Å²) in [6.07, 6.45) is 0. The number of thiol groups is 1. The van der Waals surface area contributed by atoms with Crippen LogP contribution in [0.15, 0.2) is 0 Å². The molecule has 0 saturated heterocycles. The Labute approximate surface area is 47.0 Å². The summed E-state index contributed by atoms with van der Waals surface area (Å²) in [6.45, 7) is 0. The van der Waals surface area contributed by atoms with Gasteiger partial charge in [-0.25, -0.2) is 8.42 Å². The van der Waals surface area contributed by atoms with E-state index in [1.807, 2.05) is 0 Å². The molecule has 0 spiro atoms. The smallest absolute Gasteiger partial charge is 0.201 e. The van der Waals surface area contributed by atoms with Crippen LogP contribution in [0.1, 0.15) is 0 Å². The van der Waals surface area contributed by atoms with Crippen LogP contribution in [-0.4, -0.2) is 8.42 Å². The van der Waals surface area contributed by atoms with Gasteiger partial charge < -0.3 is 0 Å². The minimum atomic E-state index is -2.82. The van der Waals surface area contributed by atoms with Gasteiger partial charge in [-0.2, -0.15) is 10.2 Å². The Morgan fingerprint density at radius 1 is 1.50 bits per heavy atom. The van der Waals surface area contributed by atoms with Crippen LogP contribution in [0.2, 0.25) is 0 Å². The maximum Gasteiger partial charge on any atom is 0.272 e. The minimum absolute atomic E-state index is 0. The monoisotopic (exact) mass is 156 g/mol. The molecule has 6 heteroatoms. The molecule has 41 valence electrons. The van der Waals surface area contributed by atoms with Crippen LogP contribution in [0.4, 0.5) is 0 Å². The van der Waals surface area contributed by atoms with Crippen molar-refractivity contribution in [2.45, 2.75) is 0 Å². The fourth-order valence-electron chi connectivity index (χ4n) is 0. The standard InChI is InChI=1S/Co.H3NO3S/c;1-4-5(2)3/h;5H,1H2. The average Bonchev–Trinajstić information content (AvgIpc) is 1.38. The summed E-state index contributed by atoms with van der Waals surface area (Å²) in [6, 6.07) is 0. The third-order valence-electron chi connectivity index (χ3n) is 0.0861. The maximum atomic E-state index is 9.06. The zero-order valence-corrected chi connectivity index (χ0v) is 4.52. The first-order valence-corrected chi connectivity index (χ1v) is 1.88. The van der Waals surface area contributed by atoms with E-state index >= 15 is 0 Å². The Bertz CT molecular complexity index is 68.9. The molecule has 0 aliphatic rings. The SMILES string of the molecule is NO[SH](=O)=O.[Co]. The van der Waals surface area contributed by atoms with Gasteiger partial charge in [-0.1, -0.05) is 0 Å². The molecular weight excluding hydrogens is 153 g/mol. The van der Waals surface area contributed by atoms with E-state index in [9.17, 15) is 0 Å². The first-order chi connectivity index (χ1) is 2.27. The van der Waals surface area contributed by atoms with Crippen LogP contribution < -0.4 is 5.90 Å². The van der Waals surface area contributed by atoms with E-state index in [1.54, 1.807) is 0 Å². The van der Waals surface area contributed by atoms with E-state index < -0.39 is 11.0 Å². The van der Waals surface area contributed by atoms with Crippen molar-refractivity contribution in [3.05, 3.63) is 0 Å². The van der Waals surface area contributed by atoms with Crippen LogP contribution in [0, 0.1) is 0 Å². The molecular formula is H3CoNO3S. The zero-order valence-electron chi connectivity index (χ0n) is 2.58. The van der Waals surface area contributed by atoms with Gasteiger partial charge in [0.1, 0.15) is 0 Å². The maximum absolute atomic E-state index is 9.06. The van der Waals surface area contributed by atoms with Crippen LogP contribution in [-0.2, 0) is 32.0 Å². The molecule has 0 saturated carbocycles. The van der Waals surface area contributed by atoms with E-state index in [0.717, 1.165) is 0 Å². The van der Waals surface area contributed by atoms with Crippen LogP contribution in [0.25, 0.3) is 0 Å². The average molecular weight is 156 g/mol. The molecule has 0 aromatic rings. The molecule has 0 unspecified atom stereocenters. The molecule has 0 rings (SSSR count). The molecule has 0 aromatic carbocycles. The number of hydrogen-bond acceptors (Lipinski definition) is 4. The van der Waals surface area contributed by atoms with Crippen molar-refractivity contribution in [1.29, 1.82) is 0 Å². The fourth-order valence-corrected chi connectivity index (χ4v) is 0. The summed E-state index contributed by atoms with van der Waals surface area (Å²) >= 11 is 0. The summed E-state index contributed by atoms with van der Waals surface area (Å²) in [5.41, 5.74) is 0. The van der Waals surface area contributed by atoms with Gasteiger partial charge >= 0.3 is 0 Å². The Balaban J connectivity index is 0. The van der Waals surface area contributed by atoms with Crippen molar-refractivity contribution >= 4 is 11.0 Å². The molecule has 0 bridgehead atoms. The molecule has 6 heavy (non-hydrogen) atoms. The minimum Gasteiger partial charge on any atom is -0.201 e. The van der Waals surface area contributed by atoms with Crippen molar-refractivity contribution in [1.82, 2.24) is 0 Å². The Kier molecular flexibility index (Phi) is 8.62. The van der Waals surface area contributed by atoms with Crippen molar-refractivity contribution in [3.63, 3.8) is 0 Å². The summed E-state index contributed by atoms with van der Waals surface area (Å²) < 4.78 is 21.3. The second kappa shape index (κ2) is 5.38. The van der Waals surface area contributed by atoms with Gasteiger partial charge in [0.25, 0.3) is 11.0 Å². The second-order valence-electron chi connectivity index (χ2n) is 0.329. The Morgan fingerprint density at radius 3 is 1.67 bits per heavy atom. The Morgan fingerprint density at radius 2 is 1.67 bits per heavy atom. The summed E-state index contributed by atoms with van der Waals surface area (Å²) in [7, 11) is -2.82. The molecule has 0 heterocycles. The number of nitrogens with two attached hydrogens (primary N) is 1. The first kappa shape index (κ1) is 9.62. The molecule has 2 N–H and O–H groups in total. The third kappa shape index (κ3) is 8.83. The van der Waals surface area contributed by atoms with Crippen LogP contribution in [0.3, 0.4) is 0 Å². The van der Waals surface area contributed by atoms with E-state index in [4.69, 9.17) is 8.42 Å². The molecule has 0 aliphatic heterocycles. The summed E-state index contributed by atoms with van der Waals surface area (Å²) in [5, 5.41) is 0. The quantitative estimate of drug-likeness (QED) is 0.354. The van der Waals surface area contributed by atoms with Crippen LogP contribution in [0.5, 0.6) is 0 Å². The molecule has 4 nitrogen and oxygen atoms in total. The largest absolute Gasteiger partial charge is 0.272 e. The van der Waals surface area contributed by atoms with E-state index in [-0.39, 0.29) is 16.8 Å². The second-order valence-corrected chi connectivity index (χ2v) is 0.987. The normalized spacial score (nSPS) is 7.67. The molecule has 0 amide bonds. The van der Waals surface area contributed by atoms with Gasteiger partial charge in [-0.15, -0.1) is 0 Å². The predicted molar refractivity (Wildman–Crippen MR) is 15.6 cm³/mol. The first-order valence-electron chi connectivity index (χ1n) is 0.783. The van der Waals surface area contributed by atoms with Crippen molar-refractivity contribution in [3.8, 4) is 0 Å². The molecule has 0 aliphatic carbocycles. The number of hydrogen-bond donors (Lipinski definition) is 2. The van der Waals surface area contributed by atoms with Gasteiger partial charge in [0, 0.05) is 16.8 Å². The topological polar surface area (TPSA) is 69.4 Å². The molecule has 1 radical (unpaired) electrons. The summed E-state index contributed by atoms with van der Waals surface area (Å²) in [4.78, 5) is 0. The third-order valence-corrected chi connectivity index (χ3v) is 0.258. The summed E-state index contributed by atoms with van der Waals surface area (Å²) in [5.74, 6) is 4.08. The molecule has 0 aromatic heterocycles. The van der Waals surface area contributed by atoms with Gasteiger partial charge in [0.2, 0.25) is 0 Å². The van der Waals surface area contributed by atoms with Crippen molar-refractivity contribution in [2.24, 2.45) is 5.90 Å². The van der Waals surface area contributed by atoms with Crippen LogP contribution >= 0.6 is 0 Å². The van der Waals surface area contributed by atoms with Gasteiger partial charge in [0.05, 0.1) is 0 Å². The van der Waals surface area contributed by atoms with E-state index in [0.29, 0.717) is 0 Å². The molecule has 0 fully saturated rings. The van der Waals surface area contributed by atoms with Crippen molar-refractivity contribution < 1.29 is 29.5 Å². The van der Waals surface area contributed by atoms with E-state index in [2.05, 4.69) is 10.2 Å². The van der Waals surface area contributed by atoms with Gasteiger partial charge in [-0.3, -0.25) is 0 Å². The predicted octanol–water partition coefficient (Wildman–Crippen LogP) is -1.60. The zero-order chi connectivity index (χ0) is 4.28. The fraction of sp³-hybridized carbons (Fsp3) is 0. The van der Waals surface area contributed by atoms with Gasteiger partial charge in [-0.05, 0) is 0 Å². The molecule has 0 atom stereocenters.